The van der Waals surface area contributed by atoms with E-state index < -0.39 is 0 Å². The first kappa shape index (κ1) is 17.1. The van der Waals surface area contributed by atoms with Crippen LogP contribution in [0.25, 0.3) is 5.69 Å². The first-order chi connectivity index (χ1) is 10.2. The van der Waals surface area contributed by atoms with Gasteiger partial charge in [0.15, 0.2) is 0 Å². The smallest absolute Gasteiger partial charge is 0.329 e. The van der Waals surface area contributed by atoms with Gasteiger partial charge in [0.2, 0.25) is 0 Å². The molecule has 116 valence electrons. The van der Waals surface area contributed by atoms with Crippen molar-refractivity contribution in [1.29, 1.82) is 0 Å². The molecule has 2 aromatic rings. The largest absolute Gasteiger partial charge is 0.480 e. The molecule has 4 nitrogen and oxygen atoms in total. The number of benzene rings is 1. The normalized spacial score (nSPS) is 11.3. The van der Waals surface area contributed by atoms with Gasteiger partial charge in [-0.1, -0.05) is 49.6 Å². The van der Waals surface area contributed by atoms with Crippen LogP contribution in [0, 0.1) is 12.3 Å². The summed E-state index contributed by atoms with van der Waals surface area (Å²) >= 11 is 10.7. The molecule has 0 unspecified atom stereocenters. The van der Waals surface area contributed by atoms with Crippen molar-refractivity contribution in [2.75, 3.05) is 6.61 Å². The zero-order chi connectivity index (χ0) is 16.5. The molecule has 0 radical (unpaired) electrons. The molecule has 2 rings (SSSR count). The third kappa shape index (κ3) is 3.54. The van der Waals surface area contributed by atoms with E-state index >= 15 is 0 Å². The maximum Gasteiger partial charge on any atom is 0.329 e. The van der Waals surface area contributed by atoms with Crippen LogP contribution in [0.1, 0.15) is 25.8 Å². The molecule has 1 aromatic carbocycles. The van der Waals surface area contributed by atoms with Crippen molar-refractivity contribution in [3.63, 3.8) is 0 Å². The molecule has 1 heterocycles. The van der Waals surface area contributed by atoms with Crippen LogP contribution in [-0.4, -0.2) is 16.4 Å². The molecule has 0 aliphatic rings. The van der Waals surface area contributed by atoms with Gasteiger partial charge in [-0.2, -0.15) is 9.78 Å². The maximum atomic E-state index is 12.2. The third-order valence-electron chi connectivity index (χ3n) is 2.73. The molecule has 22 heavy (non-hydrogen) atoms. The SMILES string of the molecule is C#CCOc1cc(-n2nc(C(C)(C)C)sc2=O)c(Cl)cc1Br. The second-order valence-corrected chi connectivity index (χ2v) is 7.76. The number of halogens is 2. The van der Waals surface area contributed by atoms with Crippen LogP contribution in [-0.2, 0) is 5.41 Å². The Kier molecular flexibility index (Phi) is 5.00. The minimum atomic E-state index is -0.209. The molecule has 0 aliphatic heterocycles. The van der Waals surface area contributed by atoms with Gasteiger partial charge in [0, 0.05) is 11.5 Å². The van der Waals surface area contributed by atoms with Crippen molar-refractivity contribution in [2.45, 2.75) is 26.2 Å². The Bertz CT molecular complexity index is 799. The zero-order valence-electron chi connectivity index (χ0n) is 12.3. The van der Waals surface area contributed by atoms with Crippen molar-refractivity contribution >= 4 is 38.9 Å². The molecule has 0 saturated carbocycles. The first-order valence-electron chi connectivity index (χ1n) is 6.40. The Morgan fingerprint density at radius 3 is 2.73 bits per heavy atom. The summed E-state index contributed by atoms with van der Waals surface area (Å²) in [4.78, 5) is 12.0. The van der Waals surface area contributed by atoms with Gasteiger partial charge in [0.25, 0.3) is 0 Å². The molecule has 0 spiro atoms. The standard InChI is InChI=1S/C15H14BrClN2O2S/c1-5-6-21-12-8-11(10(17)7-9(12)16)19-14(20)22-13(18-19)15(2,3)4/h1,7-8H,6H2,2-4H3. The van der Waals surface area contributed by atoms with E-state index in [-0.39, 0.29) is 16.9 Å². The lowest BCUT2D eigenvalue weighted by Gasteiger charge is -2.13. The van der Waals surface area contributed by atoms with Crippen molar-refractivity contribution < 1.29 is 4.74 Å². The van der Waals surface area contributed by atoms with Gasteiger partial charge in [-0.15, -0.1) is 6.42 Å². The van der Waals surface area contributed by atoms with Crippen LogP contribution >= 0.6 is 38.9 Å². The molecule has 0 amide bonds. The van der Waals surface area contributed by atoms with E-state index in [0.29, 0.717) is 20.9 Å². The lowest BCUT2D eigenvalue weighted by molar-refractivity contribution is 0.368. The van der Waals surface area contributed by atoms with E-state index in [2.05, 4.69) is 26.9 Å². The molecule has 0 N–H and O–H groups in total. The number of ether oxygens (including phenoxy) is 1. The van der Waals surface area contributed by atoms with Crippen LogP contribution in [0.2, 0.25) is 5.02 Å². The highest BCUT2D eigenvalue weighted by Gasteiger charge is 2.22. The average Bonchev–Trinajstić information content (AvgIpc) is 2.80. The van der Waals surface area contributed by atoms with Crippen LogP contribution < -0.4 is 9.61 Å². The number of terminal acetylenes is 1. The quantitative estimate of drug-likeness (QED) is 0.730. The van der Waals surface area contributed by atoms with Crippen LogP contribution in [0.5, 0.6) is 5.75 Å². The first-order valence-corrected chi connectivity index (χ1v) is 8.39. The predicted molar refractivity (Wildman–Crippen MR) is 93.4 cm³/mol. The fourth-order valence-electron chi connectivity index (χ4n) is 1.64. The minimum Gasteiger partial charge on any atom is -0.480 e. The predicted octanol–water partition coefficient (Wildman–Crippen LogP) is 4.02. The Labute approximate surface area is 146 Å². The minimum absolute atomic E-state index is 0.124. The molecule has 1 aromatic heterocycles. The molecule has 0 saturated heterocycles. The highest BCUT2D eigenvalue weighted by molar-refractivity contribution is 9.10. The van der Waals surface area contributed by atoms with Crippen LogP contribution in [0.3, 0.4) is 0 Å². The molecule has 7 heteroatoms. The summed E-state index contributed by atoms with van der Waals surface area (Å²) in [5.74, 6) is 2.90. The summed E-state index contributed by atoms with van der Waals surface area (Å²) in [5, 5.41) is 5.52. The van der Waals surface area contributed by atoms with Crippen molar-refractivity contribution in [3.8, 4) is 23.8 Å². The summed E-state index contributed by atoms with van der Waals surface area (Å²) in [6.45, 7) is 6.12. The summed E-state index contributed by atoms with van der Waals surface area (Å²) in [7, 11) is 0. The molecule has 0 aliphatic carbocycles. The van der Waals surface area contributed by atoms with E-state index in [0.717, 1.165) is 16.3 Å². The molecule has 0 atom stereocenters. The number of nitrogens with zero attached hydrogens (tertiary/aromatic N) is 2. The second kappa shape index (κ2) is 6.45. The highest BCUT2D eigenvalue weighted by atomic mass is 79.9. The van der Waals surface area contributed by atoms with Gasteiger partial charge < -0.3 is 4.74 Å². The Morgan fingerprint density at radius 1 is 1.50 bits per heavy atom. The maximum absolute atomic E-state index is 12.2. The number of hydrogen-bond acceptors (Lipinski definition) is 4. The zero-order valence-corrected chi connectivity index (χ0v) is 15.5. The van der Waals surface area contributed by atoms with E-state index in [9.17, 15) is 4.79 Å². The van der Waals surface area contributed by atoms with E-state index in [1.54, 1.807) is 12.1 Å². The van der Waals surface area contributed by atoms with Crippen molar-refractivity contribution in [2.24, 2.45) is 0 Å². The Morgan fingerprint density at radius 2 is 2.18 bits per heavy atom. The van der Waals surface area contributed by atoms with E-state index in [1.807, 2.05) is 20.8 Å². The summed E-state index contributed by atoms with van der Waals surface area (Å²) in [6, 6.07) is 3.31. The number of aromatic nitrogens is 2. The highest BCUT2D eigenvalue weighted by Crippen LogP contribution is 2.33. The van der Waals surface area contributed by atoms with Gasteiger partial charge in [-0.3, -0.25) is 4.79 Å². The lowest BCUT2D eigenvalue weighted by atomic mass is 9.98. The molecule has 0 bridgehead atoms. The summed E-state index contributed by atoms with van der Waals surface area (Å²) < 4.78 is 7.39. The van der Waals surface area contributed by atoms with Crippen molar-refractivity contribution in [3.05, 3.63) is 36.3 Å². The van der Waals surface area contributed by atoms with Crippen LogP contribution in [0.15, 0.2) is 21.4 Å². The van der Waals surface area contributed by atoms with Crippen molar-refractivity contribution in [1.82, 2.24) is 9.78 Å². The summed E-state index contributed by atoms with van der Waals surface area (Å²) in [5.41, 5.74) is 0.258. The fourth-order valence-corrected chi connectivity index (χ4v) is 3.30. The fraction of sp³-hybridized carbons (Fsp3) is 0.333. The van der Waals surface area contributed by atoms with Gasteiger partial charge in [0.1, 0.15) is 17.4 Å². The molecular weight excluding hydrogens is 388 g/mol. The van der Waals surface area contributed by atoms with E-state index in [1.165, 1.54) is 4.68 Å². The average molecular weight is 402 g/mol. The topological polar surface area (TPSA) is 44.1 Å². The van der Waals surface area contributed by atoms with E-state index in [4.69, 9.17) is 22.8 Å². The molecular formula is C15H14BrClN2O2S. The van der Waals surface area contributed by atoms with Crippen LogP contribution in [0.4, 0.5) is 0 Å². The van der Waals surface area contributed by atoms with Gasteiger partial charge in [-0.05, 0) is 22.0 Å². The monoisotopic (exact) mass is 400 g/mol. The number of hydrogen-bond donors (Lipinski definition) is 0. The van der Waals surface area contributed by atoms with Gasteiger partial charge in [-0.25, -0.2) is 0 Å². The number of rotatable bonds is 3. The van der Waals surface area contributed by atoms with Gasteiger partial charge in [0.05, 0.1) is 15.2 Å². The Hall–Kier alpha value is -1.29. The lowest BCUT2D eigenvalue weighted by Crippen LogP contribution is -2.15. The summed E-state index contributed by atoms with van der Waals surface area (Å²) in [6.07, 6.45) is 5.20. The third-order valence-corrected chi connectivity index (χ3v) is 4.89. The molecule has 0 fully saturated rings. The second-order valence-electron chi connectivity index (χ2n) is 5.56. The van der Waals surface area contributed by atoms with Gasteiger partial charge >= 0.3 is 4.87 Å². The Balaban J connectivity index is 2.56.